The second kappa shape index (κ2) is 6.83. The van der Waals surface area contributed by atoms with Crippen LogP contribution in [0.15, 0.2) is 0 Å². The lowest BCUT2D eigenvalue weighted by Crippen LogP contribution is -2.41. The van der Waals surface area contributed by atoms with Crippen molar-refractivity contribution in [3.8, 4) is 0 Å². The zero-order chi connectivity index (χ0) is 12.7. The first kappa shape index (κ1) is 14.3. The number of amides is 2. The molecule has 1 aliphatic rings. The average Bonchev–Trinajstić information content (AvgIpc) is 2.51. The minimum atomic E-state index is -2.92. The minimum absolute atomic E-state index is 0.0552. The highest BCUT2D eigenvalue weighted by Gasteiger charge is 2.14. The monoisotopic (exact) mass is 262 g/mol. The van der Waals surface area contributed by atoms with Crippen molar-refractivity contribution in [2.24, 2.45) is 0 Å². The molecular formula is C11H22N2O3S. The lowest BCUT2D eigenvalue weighted by molar-refractivity contribution is 0.200. The summed E-state index contributed by atoms with van der Waals surface area (Å²) in [4.78, 5) is 13.6. The number of carbonyl (C=O) groups is 1. The minimum Gasteiger partial charge on any atom is -0.338 e. The number of sulfone groups is 1. The molecule has 5 nitrogen and oxygen atoms in total. The van der Waals surface area contributed by atoms with E-state index in [1.54, 1.807) is 0 Å². The molecule has 0 spiro atoms. The van der Waals surface area contributed by atoms with Crippen LogP contribution in [0.3, 0.4) is 0 Å². The normalized spacial score (nSPS) is 17.6. The van der Waals surface area contributed by atoms with Gasteiger partial charge in [0.15, 0.2) is 0 Å². The summed E-state index contributed by atoms with van der Waals surface area (Å²) in [5.74, 6) is 0.132. The SMILES string of the molecule is CS(=O)(=O)CCCNC(=O)N1CCCCCC1. The van der Waals surface area contributed by atoms with E-state index in [0.717, 1.165) is 25.9 Å². The number of nitrogens with zero attached hydrogens (tertiary/aromatic N) is 1. The number of hydrogen-bond acceptors (Lipinski definition) is 3. The highest BCUT2D eigenvalue weighted by Crippen LogP contribution is 2.09. The third-order valence-corrected chi connectivity index (χ3v) is 3.89. The van der Waals surface area contributed by atoms with E-state index < -0.39 is 9.84 Å². The number of likely N-dealkylation sites (tertiary alicyclic amines) is 1. The number of urea groups is 1. The number of carbonyl (C=O) groups excluding carboxylic acids is 1. The van der Waals surface area contributed by atoms with Crippen LogP contribution in [0.25, 0.3) is 0 Å². The van der Waals surface area contributed by atoms with Crippen molar-refractivity contribution in [1.29, 1.82) is 0 Å². The lowest BCUT2D eigenvalue weighted by atomic mass is 10.2. The second-order valence-corrected chi connectivity index (χ2v) is 6.88. The number of nitrogens with one attached hydrogen (secondary N) is 1. The van der Waals surface area contributed by atoms with E-state index in [2.05, 4.69) is 5.32 Å². The van der Waals surface area contributed by atoms with Crippen molar-refractivity contribution < 1.29 is 13.2 Å². The van der Waals surface area contributed by atoms with E-state index in [0.29, 0.717) is 13.0 Å². The van der Waals surface area contributed by atoms with Crippen LogP contribution in [0.5, 0.6) is 0 Å². The molecule has 0 atom stereocenters. The molecule has 0 radical (unpaired) electrons. The molecule has 0 aliphatic carbocycles. The molecule has 1 heterocycles. The smallest absolute Gasteiger partial charge is 0.317 e. The zero-order valence-corrected chi connectivity index (χ0v) is 11.3. The summed E-state index contributed by atoms with van der Waals surface area (Å²) in [7, 11) is -2.92. The molecule has 0 saturated carbocycles. The fourth-order valence-electron chi connectivity index (χ4n) is 1.92. The number of rotatable bonds is 4. The Kier molecular flexibility index (Phi) is 5.74. The largest absolute Gasteiger partial charge is 0.338 e. The predicted molar refractivity (Wildman–Crippen MR) is 67.8 cm³/mol. The molecule has 0 bridgehead atoms. The predicted octanol–water partition coefficient (Wildman–Crippen LogP) is 1.01. The average molecular weight is 262 g/mol. The summed E-state index contributed by atoms with van der Waals surface area (Å²) in [6, 6.07) is -0.0552. The zero-order valence-electron chi connectivity index (χ0n) is 10.4. The van der Waals surface area contributed by atoms with Crippen LogP contribution in [0, 0.1) is 0 Å². The van der Waals surface area contributed by atoms with Gasteiger partial charge in [0.1, 0.15) is 9.84 Å². The summed E-state index contributed by atoms with van der Waals surface area (Å²) in [5, 5.41) is 2.78. The molecule has 6 heteroatoms. The Bertz CT molecular complexity index is 333. The van der Waals surface area contributed by atoms with Crippen molar-refractivity contribution >= 4 is 15.9 Å². The second-order valence-electron chi connectivity index (χ2n) is 4.62. The van der Waals surface area contributed by atoms with Gasteiger partial charge in [-0.2, -0.15) is 0 Å². The van der Waals surface area contributed by atoms with Gasteiger partial charge in [-0.25, -0.2) is 13.2 Å². The fraction of sp³-hybridized carbons (Fsp3) is 0.909. The molecule has 0 aromatic rings. The Morgan fingerprint density at radius 3 is 2.29 bits per heavy atom. The van der Waals surface area contributed by atoms with Gasteiger partial charge in [-0.1, -0.05) is 12.8 Å². The van der Waals surface area contributed by atoms with Crippen molar-refractivity contribution in [3.63, 3.8) is 0 Å². The molecule has 1 N–H and O–H groups in total. The lowest BCUT2D eigenvalue weighted by Gasteiger charge is -2.20. The van der Waals surface area contributed by atoms with Crippen molar-refractivity contribution in [1.82, 2.24) is 10.2 Å². The number of hydrogen-bond donors (Lipinski definition) is 1. The quantitative estimate of drug-likeness (QED) is 0.769. The van der Waals surface area contributed by atoms with E-state index in [1.807, 2.05) is 4.90 Å². The molecule has 0 aromatic heterocycles. The highest BCUT2D eigenvalue weighted by atomic mass is 32.2. The molecule has 0 unspecified atom stereocenters. The van der Waals surface area contributed by atoms with Gasteiger partial charge in [-0.05, 0) is 19.3 Å². The molecule has 2 amide bonds. The summed E-state index contributed by atoms with van der Waals surface area (Å²) in [5.41, 5.74) is 0. The van der Waals surface area contributed by atoms with Crippen LogP contribution in [-0.2, 0) is 9.84 Å². The van der Waals surface area contributed by atoms with Crippen molar-refractivity contribution in [3.05, 3.63) is 0 Å². The van der Waals surface area contributed by atoms with E-state index in [9.17, 15) is 13.2 Å². The Labute approximate surface area is 103 Å². The van der Waals surface area contributed by atoms with E-state index >= 15 is 0 Å². The van der Waals surface area contributed by atoms with Gasteiger partial charge in [0.2, 0.25) is 0 Å². The molecule has 17 heavy (non-hydrogen) atoms. The standard InChI is InChI=1S/C11H22N2O3S/c1-17(15,16)10-6-7-12-11(14)13-8-4-2-3-5-9-13/h2-10H2,1H3,(H,12,14). The molecule has 1 fully saturated rings. The van der Waals surface area contributed by atoms with Gasteiger partial charge < -0.3 is 10.2 Å². The van der Waals surface area contributed by atoms with E-state index in [4.69, 9.17) is 0 Å². The Balaban J connectivity index is 2.19. The van der Waals surface area contributed by atoms with Crippen LogP contribution in [0.1, 0.15) is 32.1 Å². The fourth-order valence-corrected chi connectivity index (χ4v) is 2.58. The van der Waals surface area contributed by atoms with E-state index in [-0.39, 0.29) is 11.8 Å². The summed E-state index contributed by atoms with van der Waals surface area (Å²) < 4.78 is 21.8. The summed E-state index contributed by atoms with van der Waals surface area (Å²) >= 11 is 0. The molecule has 0 aromatic carbocycles. The van der Waals surface area contributed by atoms with Gasteiger partial charge >= 0.3 is 6.03 Å². The summed E-state index contributed by atoms with van der Waals surface area (Å²) in [6.07, 6.45) is 6.21. The summed E-state index contributed by atoms with van der Waals surface area (Å²) in [6.45, 7) is 2.07. The highest BCUT2D eigenvalue weighted by molar-refractivity contribution is 7.90. The Hall–Kier alpha value is -0.780. The topological polar surface area (TPSA) is 66.5 Å². The van der Waals surface area contributed by atoms with Crippen molar-refractivity contribution in [2.75, 3.05) is 31.6 Å². The molecule has 100 valence electrons. The van der Waals surface area contributed by atoms with Crippen LogP contribution >= 0.6 is 0 Å². The van der Waals surface area contributed by atoms with Crippen LogP contribution in [0.4, 0.5) is 4.79 Å². The third kappa shape index (κ3) is 6.51. The van der Waals surface area contributed by atoms with Gasteiger partial charge in [0, 0.05) is 25.9 Å². The van der Waals surface area contributed by atoms with Gasteiger partial charge in [-0.3, -0.25) is 0 Å². The molecule has 1 rings (SSSR count). The Morgan fingerprint density at radius 1 is 1.18 bits per heavy atom. The molecule has 1 aliphatic heterocycles. The first-order valence-corrected chi connectivity index (χ1v) is 8.25. The third-order valence-electron chi connectivity index (χ3n) is 2.86. The van der Waals surface area contributed by atoms with Gasteiger partial charge in [-0.15, -0.1) is 0 Å². The van der Waals surface area contributed by atoms with E-state index in [1.165, 1.54) is 19.1 Å². The Morgan fingerprint density at radius 2 is 1.76 bits per heavy atom. The van der Waals surface area contributed by atoms with Crippen LogP contribution < -0.4 is 5.32 Å². The first-order chi connectivity index (χ1) is 7.99. The van der Waals surface area contributed by atoms with Crippen LogP contribution in [0.2, 0.25) is 0 Å². The maximum Gasteiger partial charge on any atom is 0.317 e. The first-order valence-electron chi connectivity index (χ1n) is 6.19. The van der Waals surface area contributed by atoms with Crippen molar-refractivity contribution in [2.45, 2.75) is 32.1 Å². The maximum absolute atomic E-state index is 11.7. The molecule has 1 saturated heterocycles. The molecular weight excluding hydrogens is 240 g/mol. The maximum atomic E-state index is 11.7. The van der Waals surface area contributed by atoms with Gasteiger partial charge in [0.25, 0.3) is 0 Å². The van der Waals surface area contributed by atoms with Crippen LogP contribution in [-0.4, -0.2) is 51.0 Å². The van der Waals surface area contributed by atoms with Gasteiger partial charge in [0.05, 0.1) is 5.75 Å².